The second kappa shape index (κ2) is 5.89. The van der Waals surface area contributed by atoms with Gasteiger partial charge in [0.2, 0.25) is 0 Å². The maximum Gasteiger partial charge on any atom is 0.133 e. The molecule has 100 valence electrons. The van der Waals surface area contributed by atoms with Crippen molar-refractivity contribution >= 4 is 0 Å². The molecule has 0 aromatic heterocycles. The molecule has 0 aliphatic rings. The Balaban J connectivity index is 2.36. The first-order valence-corrected chi connectivity index (χ1v) is 6.64. The van der Waals surface area contributed by atoms with Crippen LogP contribution in [0.3, 0.4) is 0 Å². The van der Waals surface area contributed by atoms with Crippen LogP contribution in [0.5, 0.6) is 11.5 Å². The Labute approximate surface area is 114 Å². The largest absolute Gasteiger partial charge is 0.457 e. The van der Waals surface area contributed by atoms with Crippen LogP contribution < -0.4 is 4.74 Å². The summed E-state index contributed by atoms with van der Waals surface area (Å²) in [7, 11) is 0. The predicted octanol–water partition coefficient (Wildman–Crippen LogP) is 4.54. The van der Waals surface area contributed by atoms with E-state index in [0.29, 0.717) is 6.42 Å². The van der Waals surface area contributed by atoms with Crippen molar-refractivity contribution in [1.29, 1.82) is 0 Å². The van der Waals surface area contributed by atoms with E-state index >= 15 is 0 Å². The zero-order valence-corrected chi connectivity index (χ0v) is 11.7. The molecule has 1 N–H and O–H groups in total. The van der Waals surface area contributed by atoms with Gasteiger partial charge in [0.1, 0.15) is 11.5 Å². The number of para-hydroxylation sites is 1. The summed E-state index contributed by atoms with van der Waals surface area (Å²) in [4.78, 5) is 0. The third kappa shape index (κ3) is 2.96. The smallest absolute Gasteiger partial charge is 0.133 e. The van der Waals surface area contributed by atoms with Crippen molar-refractivity contribution < 1.29 is 9.84 Å². The maximum atomic E-state index is 10.0. The number of ether oxygens (including phenoxy) is 1. The van der Waals surface area contributed by atoms with E-state index in [4.69, 9.17) is 4.74 Å². The van der Waals surface area contributed by atoms with Gasteiger partial charge in [-0.3, -0.25) is 0 Å². The highest BCUT2D eigenvalue weighted by molar-refractivity contribution is 5.44. The highest BCUT2D eigenvalue weighted by Gasteiger charge is 2.12. The molecule has 0 fully saturated rings. The SMILES string of the molecule is CC[C@H](O)c1ccccc1Oc1cccc(C)c1C. The normalized spacial score (nSPS) is 12.2. The lowest BCUT2D eigenvalue weighted by molar-refractivity contribution is 0.170. The fraction of sp³-hybridized carbons (Fsp3) is 0.294. The molecular formula is C17H20O2. The van der Waals surface area contributed by atoms with E-state index in [1.54, 1.807) is 0 Å². The van der Waals surface area contributed by atoms with Crippen LogP contribution in [-0.4, -0.2) is 5.11 Å². The van der Waals surface area contributed by atoms with Gasteiger partial charge in [-0.05, 0) is 43.5 Å². The lowest BCUT2D eigenvalue weighted by Gasteiger charge is -2.16. The highest BCUT2D eigenvalue weighted by Crippen LogP contribution is 2.32. The van der Waals surface area contributed by atoms with E-state index in [1.807, 2.05) is 50.2 Å². The van der Waals surface area contributed by atoms with Crippen LogP contribution in [0, 0.1) is 13.8 Å². The van der Waals surface area contributed by atoms with Gasteiger partial charge in [-0.15, -0.1) is 0 Å². The molecule has 0 saturated carbocycles. The van der Waals surface area contributed by atoms with Crippen LogP contribution in [0.1, 0.15) is 36.1 Å². The summed E-state index contributed by atoms with van der Waals surface area (Å²) in [5, 5.41) is 10.0. The Kier molecular flexibility index (Phi) is 4.23. The van der Waals surface area contributed by atoms with Crippen LogP contribution in [0.25, 0.3) is 0 Å². The quantitative estimate of drug-likeness (QED) is 0.870. The average molecular weight is 256 g/mol. The summed E-state index contributed by atoms with van der Waals surface area (Å²) in [6.07, 6.45) is 0.189. The Bertz CT molecular complexity index is 561. The number of rotatable bonds is 4. The molecule has 0 aliphatic heterocycles. The number of aliphatic hydroxyl groups excluding tert-OH is 1. The minimum Gasteiger partial charge on any atom is -0.457 e. The highest BCUT2D eigenvalue weighted by atomic mass is 16.5. The van der Waals surface area contributed by atoms with Gasteiger partial charge in [0, 0.05) is 5.56 Å². The predicted molar refractivity (Wildman–Crippen MR) is 77.7 cm³/mol. The third-order valence-electron chi connectivity index (χ3n) is 3.44. The number of hydrogen-bond acceptors (Lipinski definition) is 2. The zero-order valence-electron chi connectivity index (χ0n) is 11.7. The zero-order chi connectivity index (χ0) is 13.8. The standard InChI is InChI=1S/C17H20O2/c1-4-15(18)14-9-5-6-10-17(14)19-16-11-7-8-12(2)13(16)3/h5-11,15,18H,4H2,1-3H3/t15-/m0/s1. The second-order valence-corrected chi connectivity index (χ2v) is 4.76. The van der Waals surface area contributed by atoms with Crippen molar-refractivity contribution in [2.45, 2.75) is 33.3 Å². The van der Waals surface area contributed by atoms with Gasteiger partial charge in [0.25, 0.3) is 0 Å². The number of benzene rings is 2. The third-order valence-corrected chi connectivity index (χ3v) is 3.44. The molecule has 2 nitrogen and oxygen atoms in total. The fourth-order valence-corrected chi connectivity index (χ4v) is 2.02. The first-order chi connectivity index (χ1) is 9.13. The minimum atomic E-state index is -0.485. The average Bonchev–Trinajstić information content (AvgIpc) is 2.43. The molecule has 0 spiro atoms. The van der Waals surface area contributed by atoms with Crippen molar-refractivity contribution in [2.75, 3.05) is 0 Å². The molecule has 0 radical (unpaired) electrons. The van der Waals surface area contributed by atoms with Crippen molar-refractivity contribution in [3.63, 3.8) is 0 Å². The van der Waals surface area contributed by atoms with Gasteiger partial charge >= 0.3 is 0 Å². The Morgan fingerprint density at radius 1 is 1.00 bits per heavy atom. The lowest BCUT2D eigenvalue weighted by Crippen LogP contribution is -1.99. The molecule has 0 heterocycles. The Morgan fingerprint density at radius 2 is 1.68 bits per heavy atom. The second-order valence-electron chi connectivity index (χ2n) is 4.76. The summed E-state index contributed by atoms with van der Waals surface area (Å²) in [6.45, 7) is 6.07. The molecule has 0 aliphatic carbocycles. The molecule has 0 amide bonds. The van der Waals surface area contributed by atoms with Crippen molar-refractivity contribution in [2.24, 2.45) is 0 Å². The van der Waals surface area contributed by atoms with Crippen LogP contribution in [0.2, 0.25) is 0 Å². The van der Waals surface area contributed by atoms with Gasteiger partial charge in [0.05, 0.1) is 6.10 Å². The van der Waals surface area contributed by atoms with Crippen molar-refractivity contribution in [1.82, 2.24) is 0 Å². The van der Waals surface area contributed by atoms with Gasteiger partial charge in [-0.2, -0.15) is 0 Å². The lowest BCUT2D eigenvalue weighted by atomic mass is 10.1. The summed E-state index contributed by atoms with van der Waals surface area (Å²) in [6, 6.07) is 13.7. The van der Waals surface area contributed by atoms with Gasteiger partial charge in [-0.1, -0.05) is 37.3 Å². The molecule has 0 unspecified atom stereocenters. The molecule has 2 aromatic rings. The van der Waals surface area contributed by atoms with Crippen LogP contribution in [0.4, 0.5) is 0 Å². The molecule has 2 aromatic carbocycles. The number of aliphatic hydroxyl groups is 1. The van der Waals surface area contributed by atoms with E-state index in [1.165, 1.54) is 5.56 Å². The van der Waals surface area contributed by atoms with E-state index in [9.17, 15) is 5.11 Å². The first-order valence-electron chi connectivity index (χ1n) is 6.64. The van der Waals surface area contributed by atoms with E-state index in [2.05, 4.69) is 13.0 Å². The summed E-state index contributed by atoms with van der Waals surface area (Å²) >= 11 is 0. The monoisotopic (exact) mass is 256 g/mol. The molecule has 2 heteroatoms. The van der Waals surface area contributed by atoms with E-state index in [0.717, 1.165) is 22.6 Å². The fourth-order valence-electron chi connectivity index (χ4n) is 2.02. The van der Waals surface area contributed by atoms with E-state index < -0.39 is 6.10 Å². The molecular weight excluding hydrogens is 236 g/mol. The molecule has 19 heavy (non-hydrogen) atoms. The van der Waals surface area contributed by atoms with Crippen LogP contribution in [-0.2, 0) is 0 Å². The summed E-state index contributed by atoms with van der Waals surface area (Å²) < 4.78 is 5.98. The summed E-state index contributed by atoms with van der Waals surface area (Å²) in [5.41, 5.74) is 3.17. The number of aryl methyl sites for hydroxylation is 1. The Morgan fingerprint density at radius 3 is 2.42 bits per heavy atom. The Hall–Kier alpha value is -1.80. The van der Waals surface area contributed by atoms with Crippen molar-refractivity contribution in [3.05, 3.63) is 59.2 Å². The molecule has 1 atom stereocenters. The molecule has 0 saturated heterocycles. The number of hydrogen-bond donors (Lipinski definition) is 1. The molecule has 0 bridgehead atoms. The first kappa shape index (κ1) is 13.6. The summed E-state index contributed by atoms with van der Waals surface area (Å²) in [5.74, 6) is 1.57. The molecule has 2 rings (SSSR count). The van der Waals surface area contributed by atoms with Gasteiger partial charge in [0.15, 0.2) is 0 Å². The van der Waals surface area contributed by atoms with E-state index in [-0.39, 0.29) is 0 Å². The van der Waals surface area contributed by atoms with Crippen LogP contribution >= 0.6 is 0 Å². The van der Waals surface area contributed by atoms with Gasteiger partial charge < -0.3 is 9.84 Å². The van der Waals surface area contributed by atoms with Crippen molar-refractivity contribution in [3.8, 4) is 11.5 Å². The minimum absolute atomic E-state index is 0.485. The topological polar surface area (TPSA) is 29.5 Å². The van der Waals surface area contributed by atoms with Crippen LogP contribution in [0.15, 0.2) is 42.5 Å². The van der Waals surface area contributed by atoms with Gasteiger partial charge in [-0.25, -0.2) is 0 Å². The maximum absolute atomic E-state index is 10.0.